The zero-order valence-electron chi connectivity index (χ0n) is 11.3. The molecule has 19 heavy (non-hydrogen) atoms. The Bertz CT molecular complexity index is 446. The van der Waals surface area contributed by atoms with Gasteiger partial charge in [0.15, 0.2) is 0 Å². The standard InChI is InChI=1S/C14H20N2O3/c1-3-6-12(13(17)18)16-14(19)15-9-11-8-5-4-7-10(11)2/h4-5,7-8,12H,3,6,9H2,1-2H3,(H,17,18)(H2,15,16,19). The molecule has 0 aliphatic carbocycles. The summed E-state index contributed by atoms with van der Waals surface area (Å²) in [5.41, 5.74) is 2.10. The largest absolute Gasteiger partial charge is 0.480 e. The Morgan fingerprint density at radius 3 is 2.58 bits per heavy atom. The molecule has 0 fully saturated rings. The van der Waals surface area contributed by atoms with Crippen LogP contribution in [0.3, 0.4) is 0 Å². The van der Waals surface area contributed by atoms with E-state index in [-0.39, 0.29) is 0 Å². The molecule has 0 bridgehead atoms. The van der Waals surface area contributed by atoms with Crippen LogP contribution in [0.15, 0.2) is 24.3 Å². The summed E-state index contributed by atoms with van der Waals surface area (Å²) >= 11 is 0. The number of urea groups is 1. The maximum absolute atomic E-state index is 11.6. The highest BCUT2D eigenvalue weighted by Crippen LogP contribution is 2.06. The molecule has 1 aromatic carbocycles. The predicted molar refractivity (Wildman–Crippen MR) is 72.9 cm³/mol. The molecule has 0 aliphatic rings. The molecular formula is C14H20N2O3. The first kappa shape index (κ1) is 15.0. The molecule has 2 amide bonds. The van der Waals surface area contributed by atoms with E-state index in [1.54, 1.807) is 0 Å². The van der Waals surface area contributed by atoms with Crippen LogP contribution >= 0.6 is 0 Å². The van der Waals surface area contributed by atoms with Crippen LogP contribution in [0.4, 0.5) is 4.79 Å². The van der Waals surface area contributed by atoms with E-state index in [0.29, 0.717) is 19.4 Å². The van der Waals surface area contributed by atoms with Crippen LogP contribution in [0.5, 0.6) is 0 Å². The van der Waals surface area contributed by atoms with Crippen LogP contribution in [0, 0.1) is 6.92 Å². The molecule has 0 aliphatic heterocycles. The summed E-state index contributed by atoms with van der Waals surface area (Å²) in [7, 11) is 0. The van der Waals surface area contributed by atoms with E-state index in [4.69, 9.17) is 5.11 Å². The number of nitrogens with one attached hydrogen (secondary N) is 2. The minimum Gasteiger partial charge on any atom is -0.480 e. The fourth-order valence-electron chi connectivity index (χ4n) is 1.74. The molecular weight excluding hydrogens is 244 g/mol. The Kier molecular flexibility index (Phi) is 5.85. The monoisotopic (exact) mass is 264 g/mol. The van der Waals surface area contributed by atoms with Crippen molar-refractivity contribution < 1.29 is 14.7 Å². The quantitative estimate of drug-likeness (QED) is 0.735. The molecule has 0 spiro atoms. The molecule has 0 aromatic heterocycles. The lowest BCUT2D eigenvalue weighted by molar-refractivity contribution is -0.139. The van der Waals surface area contributed by atoms with E-state index in [0.717, 1.165) is 11.1 Å². The Hall–Kier alpha value is -2.04. The third-order valence-corrected chi connectivity index (χ3v) is 2.88. The molecule has 1 aromatic rings. The third kappa shape index (κ3) is 4.99. The smallest absolute Gasteiger partial charge is 0.326 e. The molecule has 1 rings (SSSR count). The molecule has 0 radical (unpaired) electrons. The van der Waals surface area contributed by atoms with E-state index >= 15 is 0 Å². The van der Waals surface area contributed by atoms with Crippen LogP contribution in [0.1, 0.15) is 30.9 Å². The second-order valence-electron chi connectivity index (χ2n) is 4.43. The molecule has 0 saturated carbocycles. The summed E-state index contributed by atoms with van der Waals surface area (Å²) in [6.45, 7) is 4.23. The number of aliphatic carboxylic acids is 1. The third-order valence-electron chi connectivity index (χ3n) is 2.88. The summed E-state index contributed by atoms with van der Waals surface area (Å²) in [5.74, 6) is -1.01. The fourth-order valence-corrected chi connectivity index (χ4v) is 1.74. The number of benzene rings is 1. The summed E-state index contributed by atoms with van der Waals surface area (Å²) < 4.78 is 0. The number of carboxylic acid groups (broad SMARTS) is 1. The molecule has 1 unspecified atom stereocenters. The van der Waals surface area contributed by atoms with Crippen LogP contribution in [0.2, 0.25) is 0 Å². The molecule has 5 heteroatoms. The van der Waals surface area contributed by atoms with Crippen molar-refractivity contribution in [3.05, 3.63) is 35.4 Å². The highest BCUT2D eigenvalue weighted by atomic mass is 16.4. The van der Waals surface area contributed by atoms with Gasteiger partial charge in [0.1, 0.15) is 6.04 Å². The van der Waals surface area contributed by atoms with Crippen molar-refractivity contribution in [2.45, 2.75) is 39.3 Å². The molecule has 3 N–H and O–H groups in total. The Balaban J connectivity index is 2.47. The van der Waals surface area contributed by atoms with Crippen molar-refractivity contribution in [2.24, 2.45) is 0 Å². The highest BCUT2D eigenvalue weighted by molar-refractivity contribution is 5.82. The summed E-state index contributed by atoms with van der Waals surface area (Å²) in [6, 6.07) is 6.44. The van der Waals surface area contributed by atoms with Crippen LogP contribution in [0.25, 0.3) is 0 Å². The van der Waals surface area contributed by atoms with Gasteiger partial charge in [-0.2, -0.15) is 0 Å². The van der Waals surface area contributed by atoms with Crippen molar-refractivity contribution >= 4 is 12.0 Å². The summed E-state index contributed by atoms with van der Waals surface area (Å²) in [5, 5.41) is 14.1. The summed E-state index contributed by atoms with van der Waals surface area (Å²) in [4.78, 5) is 22.5. The number of rotatable bonds is 6. The van der Waals surface area contributed by atoms with Gasteiger partial charge in [0, 0.05) is 6.54 Å². The van der Waals surface area contributed by atoms with E-state index in [1.807, 2.05) is 38.1 Å². The lowest BCUT2D eigenvalue weighted by Gasteiger charge is -2.14. The molecule has 0 saturated heterocycles. The SMILES string of the molecule is CCCC(NC(=O)NCc1ccccc1C)C(=O)O. The van der Waals surface area contributed by atoms with Crippen molar-refractivity contribution in [3.63, 3.8) is 0 Å². The minimum atomic E-state index is -1.01. The number of carbonyl (C=O) groups is 2. The van der Waals surface area contributed by atoms with Crippen molar-refractivity contribution in [2.75, 3.05) is 0 Å². The van der Waals surface area contributed by atoms with E-state index < -0.39 is 18.0 Å². The van der Waals surface area contributed by atoms with Crippen LogP contribution in [-0.2, 0) is 11.3 Å². The van der Waals surface area contributed by atoms with Gasteiger partial charge in [-0.25, -0.2) is 9.59 Å². The Morgan fingerprint density at radius 2 is 2.00 bits per heavy atom. The molecule has 104 valence electrons. The second-order valence-corrected chi connectivity index (χ2v) is 4.43. The average molecular weight is 264 g/mol. The first-order chi connectivity index (χ1) is 9.04. The second kappa shape index (κ2) is 7.41. The van der Waals surface area contributed by atoms with Crippen LogP contribution in [-0.4, -0.2) is 23.1 Å². The lowest BCUT2D eigenvalue weighted by atomic mass is 10.1. The maximum atomic E-state index is 11.6. The van der Waals surface area contributed by atoms with E-state index in [2.05, 4.69) is 10.6 Å². The van der Waals surface area contributed by atoms with E-state index in [1.165, 1.54) is 0 Å². The molecule has 1 atom stereocenters. The van der Waals surface area contributed by atoms with Gasteiger partial charge in [-0.3, -0.25) is 0 Å². The van der Waals surface area contributed by atoms with Crippen molar-refractivity contribution in [3.8, 4) is 0 Å². The number of aryl methyl sites for hydroxylation is 1. The van der Waals surface area contributed by atoms with Gasteiger partial charge in [0.25, 0.3) is 0 Å². The fraction of sp³-hybridized carbons (Fsp3) is 0.429. The molecule has 5 nitrogen and oxygen atoms in total. The Morgan fingerprint density at radius 1 is 1.32 bits per heavy atom. The molecule has 0 heterocycles. The lowest BCUT2D eigenvalue weighted by Crippen LogP contribution is -2.45. The summed E-state index contributed by atoms with van der Waals surface area (Å²) in [6.07, 6.45) is 1.13. The average Bonchev–Trinajstić information content (AvgIpc) is 2.37. The predicted octanol–water partition coefficient (Wildman–Crippen LogP) is 2.05. The van der Waals surface area contributed by atoms with Crippen molar-refractivity contribution in [1.82, 2.24) is 10.6 Å². The minimum absolute atomic E-state index is 0.386. The Labute approximate surface area is 113 Å². The normalized spacial score (nSPS) is 11.7. The van der Waals surface area contributed by atoms with Gasteiger partial charge in [-0.1, -0.05) is 37.6 Å². The number of hydrogen-bond donors (Lipinski definition) is 3. The number of carbonyl (C=O) groups excluding carboxylic acids is 1. The highest BCUT2D eigenvalue weighted by Gasteiger charge is 2.18. The van der Waals surface area contributed by atoms with E-state index in [9.17, 15) is 9.59 Å². The number of carboxylic acids is 1. The zero-order valence-corrected chi connectivity index (χ0v) is 11.3. The van der Waals surface area contributed by atoms with Gasteiger partial charge in [-0.15, -0.1) is 0 Å². The number of amides is 2. The zero-order chi connectivity index (χ0) is 14.3. The van der Waals surface area contributed by atoms with Gasteiger partial charge >= 0.3 is 12.0 Å². The van der Waals surface area contributed by atoms with Crippen LogP contribution < -0.4 is 10.6 Å². The van der Waals surface area contributed by atoms with Gasteiger partial charge in [0.2, 0.25) is 0 Å². The topological polar surface area (TPSA) is 78.4 Å². The van der Waals surface area contributed by atoms with Gasteiger partial charge < -0.3 is 15.7 Å². The first-order valence-corrected chi connectivity index (χ1v) is 6.36. The van der Waals surface area contributed by atoms with Gasteiger partial charge in [-0.05, 0) is 24.5 Å². The van der Waals surface area contributed by atoms with Gasteiger partial charge in [0.05, 0.1) is 0 Å². The maximum Gasteiger partial charge on any atom is 0.326 e. The van der Waals surface area contributed by atoms with Crippen molar-refractivity contribution in [1.29, 1.82) is 0 Å². The first-order valence-electron chi connectivity index (χ1n) is 6.36. The number of hydrogen-bond acceptors (Lipinski definition) is 2.